The van der Waals surface area contributed by atoms with Crippen LogP contribution in [0.1, 0.15) is 31.2 Å². The summed E-state index contributed by atoms with van der Waals surface area (Å²) in [5.41, 5.74) is 1.10. The van der Waals surface area contributed by atoms with Crippen LogP contribution in [0.25, 0.3) is 0 Å². The van der Waals surface area contributed by atoms with E-state index in [1.165, 1.54) is 25.7 Å². The lowest BCUT2D eigenvalue weighted by Crippen LogP contribution is -2.50. The normalized spacial score (nSPS) is 19.1. The summed E-state index contributed by atoms with van der Waals surface area (Å²) in [6, 6.07) is 8.43. The predicted molar refractivity (Wildman–Crippen MR) is 104 cm³/mol. The van der Waals surface area contributed by atoms with Gasteiger partial charge in [0.05, 0.1) is 5.02 Å². The number of benzene rings is 1. The van der Waals surface area contributed by atoms with Gasteiger partial charge in [-0.1, -0.05) is 30.5 Å². The first kappa shape index (κ1) is 17.6. The summed E-state index contributed by atoms with van der Waals surface area (Å²) in [6.07, 6.45) is 7.07. The zero-order chi connectivity index (χ0) is 17.9. The molecule has 138 valence electrons. The van der Waals surface area contributed by atoms with Gasteiger partial charge in [-0.2, -0.15) is 0 Å². The van der Waals surface area contributed by atoms with Crippen LogP contribution >= 0.6 is 11.6 Å². The van der Waals surface area contributed by atoms with Crippen LogP contribution in [0.4, 0.5) is 5.82 Å². The third-order valence-corrected chi connectivity index (χ3v) is 5.72. The Morgan fingerprint density at radius 1 is 1.04 bits per heavy atom. The molecule has 0 amide bonds. The molecule has 2 aromatic rings. The summed E-state index contributed by atoms with van der Waals surface area (Å²) < 4.78 is 5.90. The van der Waals surface area contributed by atoms with Gasteiger partial charge < -0.3 is 9.64 Å². The highest BCUT2D eigenvalue weighted by Crippen LogP contribution is 2.30. The molecule has 2 heterocycles. The Balaban J connectivity index is 1.42. The minimum absolute atomic E-state index is 0.528. The van der Waals surface area contributed by atoms with Crippen LogP contribution in [0, 0.1) is 6.92 Å². The van der Waals surface area contributed by atoms with E-state index in [4.69, 9.17) is 16.3 Å². The number of hydrogen-bond donors (Lipinski definition) is 0. The molecule has 1 aromatic carbocycles. The molecule has 1 aliphatic heterocycles. The number of hydrogen-bond acceptors (Lipinski definition) is 5. The SMILES string of the molecule is Cc1ccc(Cl)c(Oc2cc(N3CCN(C4CCCC4)CC3)ncn2)c1. The molecule has 0 atom stereocenters. The van der Waals surface area contributed by atoms with Crippen molar-refractivity contribution in [2.75, 3.05) is 31.1 Å². The topological polar surface area (TPSA) is 41.5 Å². The van der Waals surface area contributed by atoms with E-state index in [-0.39, 0.29) is 0 Å². The van der Waals surface area contributed by atoms with Crippen molar-refractivity contribution >= 4 is 17.4 Å². The molecule has 0 radical (unpaired) electrons. The van der Waals surface area contributed by atoms with Gasteiger partial charge in [0.25, 0.3) is 0 Å². The Hall–Kier alpha value is -1.85. The van der Waals surface area contributed by atoms with Gasteiger partial charge in [-0.05, 0) is 37.5 Å². The maximum absolute atomic E-state index is 6.23. The lowest BCUT2D eigenvalue weighted by Gasteiger charge is -2.38. The Kier molecular flexibility index (Phi) is 5.27. The lowest BCUT2D eigenvalue weighted by molar-refractivity contribution is 0.187. The van der Waals surface area contributed by atoms with Crippen molar-refractivity contribution in [2.45, 2.75) is 38.6 Å². The Morgan fingerprint density at radius 3 is 2.58 bits per heavy atom. The summed E-state index contributed by atoms with van der Waals surface area (Å²) in [7, 11) is 0. The molecular formula is C20H25ClN4O. The fourth-order valence-corrected chi connectivity index (χ4v) is 4.10. The van der Waals surface area contributed by atoms with Crippen LogP contribution in [0.2, 0.25) is 5.02 Å². The Bertz CT molecular complexity index is 755. The highest BCUT2D eigenvalue weighted by atomic mass is 35.5. The molecule has 4 rings (SSSR count). The zero-order valence-corrected chi connectivity index (χ0v) is 16.0. The molecule has 0 N–H and O–H groups in total. The van der Waals surface area contributed by atoms with Gasteiger partial charge in [0.15, 0.2) is 0 Å². The van der Waals surface area contributed by atoms with E-state index in [1.54, 1.807) is 6.33 Å². The van der Waals surface area contributed by atoms with E-state index in [2.05, 4.69) is 19.8 Å². The molecule has 1 saturated carbocycles. The number of aryl methyl sites for hydroxylation is 1. The van der Waals surface area contributed by atoms with Crippen molar-refractivity contribution in [3.05, 3.63) is 41.2 Å². The van der Waals surface area contributed by atoms with Crippen LogP contribution in [0.5, 0.6) is 11.6 Å². The summed E-state index contributed by atoms with van der Waals surface area (Å²) in [6.45, 7) is 6.22. The third kappa shape index (κ3) is 3.94. The van der Waals surface area contributed by atoms with Crippen LogP contribution in [0.15, 0.2) is 30.6 Å². The van der Waals surface area contributed by atoms with E-state index in [9.17, 15) is 0 Å². The van der Waals surface area contributed by atoms with Gasteiger partial charge >= 0.3 is 0 Å². The Labute approximate surface area is 160 Å². The smallest absolute Gasteiger partial charge is 0.224 e. The molecule has 1 aromatic heterocycles. The first-order valence-corrected chi connectivity index (χ1v) is 9.82. The maximum atomic E-state index is 6.23. The quantitative estimate of drug-likeness (QED) is 0.800. The first-order valence-electron chi connectivity index (χ1n) is 9.44. The van der Waals surface area contributed by atoms with Gasteiger partial charge in [-0.3, -0.25) is 4.90 Å². The molecule has 6 heteroatoms. The molecule has 0 unspecified atom stereocenters. The highest BCUT2D eigenvalue weighted by Gasteiger charge is 2.26. The van der Waals surface area contributed by atoms with Gasteiger partial charge in [-0.25, -0.2) is 9.97 Å². The van der Waals surface area contributed by atoms with Gasteiger partial charge in [-0.15, -0.1) is 0 Å². The van der Waals surface area contributed by atoms with Crippen molar-refractivity contribution in [3.63, 3.8) is 0 Å². The number of piperazine rings is 1. The molecule has 2 fully saturated rings. The first-order chi connectivity index (χ1) is 12.7. The highest BCUT2D eigenvalue weighted by molar-refractivity contribution is 6.32. The number of nitrogens with zero attached hydrogens (tertiary/aromatic N) is 4. The molecular weight excluding hydrogens is 348 g/mol. The summed E-state index contributed by atoms with van der Waals surface area (Å²) in [5.74, 6) is 2.08. The second-order valence-corrected chi connectivity index (χ2v) is 7.62. The number of anilines is 1. The average Bonchev–Trinajstić information content (AvgIpc) is 3.20. The van der Waals surface area contributed by atoms with Crippen molar-refractivity contribution in [2.24, 2.45) is 0 Å². The van der Waals surface area contributed by atoms with Crippen LogP contribution in [0.3, 0.4) is 0 Å². The van der Waals surface area contributed by atoms with Crippen LogP contribution in [-0.2, 0) is 0 Å². The molecule has 2 aliphatic rings. The molecule has 0 spiro atoms. The van der Waals surface area contributed by atoms with Crippen molar-refractivity contribution in [1.82, 2.24) is 14.9 Å². The second-order valence-electron chi connectivity index (χ2n) is 7.21. The molecule has 5 nitrogen and oxygen atoms in total. The standard InChI is InChI=1S/C20H25ClN4O/c1-15-6-7-17(21)18(12-15)26-20-13-19(22-14-23-20)25-10-8-24(9-11-25)16-4-2-3-5-16/h6-7,12-14,16H,2-5,8-11H2,1H3. The maximum Gasteiger partial charge on any atom is 0.224 e. The molecule has 1 saturated heterocycles. The van der Waals surface area contributed by atoms with E-state index >= 15 is 0 Å². The number of ether oxygens (including phenoxy) is 1. The minimum atomic E-state index is 0.528. The monoisotopic (exact) mass is 372 g/mol. The van der Waals surface area contributed by atoms with Gasteiger partial charge in [0.2, 0.25) is 5.88 Å². The van der Waals surface area contributed by atoms with E-state index < -0.39 is 0 Å². The largest absolute Gasteiger partial charge is 0.437 e. The van der Waals surface area contributed by atoms with Gasteiger partial charge in [0.1, 0.15) is 17.9 Å². The number of rotatable bonds is 4. The zero-order valence-electron chi connectivity index (χ0n) is 15.2. The molecule has 1 aliphatic carbocycles. The van der Waals surface area contributed by atoms with E-state index in [1.807, 2.05) is 31.2 Å². The molecule has 26 heavy (non-hydrogen) atoms. The number of aromatic nitrogens is 2. The summed E-state index contributed by atoms with van der Waals surface area (Å²) in [4.78, 5) is 13.7. The summed E-state index contributed by atoms with van der Waals surface area (Å²) >= 11 is 6.23. The van der Waals surface area contributed by atoms with Crippen LogP contribution in [-0.4, -0.2) is 47.1 Å². The van der Waals surface area contributed by atoms with Crippen LogP contribution < -0.4 is 9.64 Å². The summed E-state index contributed by atoms with van der Waals surface area (Å²) in [5, 5.41) is 0.584. The fourth-order valence-electron chi connectivity index (χ4n) is 3.95. The minimum Gasteiger partial charge on any atom is -0.437 e. The lowest BCUT2D eigenvalue weighted by atomic mass is 10.2. The van der Waals surface area contributed by atoms with E-state index in [0.717, 1.165) is 43.6 Å². The second kappa shape index (κ2) is 7.80. The third-order valence-electron chi connectivity index (χ3n) is 5.41. The van der Waals surface area contributed by atoms with Crippen molar-refractivity contribution in [3.8, 4) is 11.6 Å². The van der Waals surface area contributed by atoms with Gasteiger partial charge in [0, 0.05) is 38.3 Å². The predicted octanol–water partition coefficient (Wildman–Crippen LogP) is 4.30. The van der Waals surface area contributed by atoms with E-state index in [0.29, 0.717) is 16.7 Å². The Morgan fingerprint density at radius 2 is 1.81 bits per heavy atom. The fraction of sp³-hybridized carbons (Fsp3) is 0.500. The van der Waals surface area contributed by atoms with Crippen molar-refractivity contribution in [1.29, 1.82) is 0 Å². The average molecular weight is 373 g/mol. The number of halogens is 1. The van der Waals surface area contributed by atoms with Crippen molar-refractivity contribution < 1.29 is 4.74 Å². The molecule has 0 bridgehead atoms.